The summed E-state index contributed by atoms with van der Waals surface area (Å²) in [6, 6.07) is 0. The van der Waals surface area contributed by atoms with Gasteiger partial charge in [0.2, 0.25) is 0 Å². The van der Waals surface area contributed by atoms with Crippen molar-refractivity contribution < 1.29 is 4.74 Å². The third kappa shape index (κ3) is 2.45. The number of methoxy groups -OCH3 is 1. The van der Waals surface area contributed by atoms with Crippen molar-refractivity contribution >= 4 is 70.6 Å². The van der Waals surface area contributed by atoms with Gasteiger partial charge in [-0.2, -0.15) is 0 Å². The average Bonchev–Trinajstić information content (AvgIpc) is 1.76. The van der Waals surface area contributed by atoms with Crippen LogP contribution in [0.4, 0.5) is 0 Å². The van der Waals surface area contributed by atoms with Gasteiger partial charge in [-0.05, 0) is 0 Å². The van der Waals surface area contributed by atoms with E-state index in [9.17, 15) is 0 Å². The minimum absolute atomic E-state index is 0.109. The highest BCUT2D eigenvalue weighted by Gasteiger charge is 2.55. The third-order valence-corrected chi connectivity index (χ3v) is 3.47. The van der Waals surface area contributed by atoms with Crippen LogP contribution in [0.25, 0.3) is 0 Å². The summed E-state index contributed by atoms with van der Waals surface area (Å²) in [5.41, 5.74) is -0.146. The van der Waals surface area contributed by atoms with Crippen molar-refractivity contribution in [3.63, 3.8) is 0 Å². The van der Waals surface area contributed by atoms with Crippen molar-refractivity contribution in [1.29, 1.82) is 0 Å². The van der Waals surface area contributed by atoms with Gasteiger partial charge in [0.1, 0.15) is 0 Å². The van der Waals surface area contributed by atoms with E-state index in [0.717, 1.165) is 0 Å². The van der Waals surface area contributed by atoms with E-state index in [1.165, 1.54) is 0 Å². The average molecular weight is 195 g/mol. The summed E-state index contributed by atoms with van der Waals surface area (Å²) in [4.78, 5) is 0. The first-order chi connectivity index (χ1) is 6.31. The molecule has 0 aromatic carbocycles. The van der Waals surface area contributed by atoms with E-state index in [2.05, 4.69) is 70.6 Å². The Balaban J connectivity index is 5.78. The predicted octanol–water partition coefficient (Wildman–Crippen LogP) is -7.71. The highest BCUT2D eigenvalue weighted by molar-refractivity contribution is 6.70. The summed E-state index contributed by atoms with van der Waals surface area (Å²) in [6.45, 7) is 0. The number of hydrogen-bond donors (Lipinski definition) is 0. The normalized spacial score (nSPS) is 15.0. The first-order valence-corrected chi connectivity index (χ1v) is 5.86. The van der Waals surface area contributed by atoms with Crippen molar-refractivity contribution in [2.45, 2.75) is 20.9 Å². The summed E-state index contributed by atoms with van der Waals surface area (Å²) >= 11 is 0. The van der Waals surface area contributed by atoms with Gasteiger partial charge >= 0.3 is 0 Å². The van der Waals surface area contributed by atoms with E-state index in [1.54, 1.807) is 0 Å². The summed E-state index contributed by atoms with van der Waals surface area (Å²) in [5, 5.41) is 0.328. The maximum atomic E-state index is 6.03. The molecule has 0 aliphatic carbocycles. The van der Waals surface area contributed by atoms with Crippen LogP contribution < -0.4 is 0 Å². The molecule has 0 radical (unpaired) electrons. The molecule has 0 spiro atoms. The van der Waals surface area contributed by atoms with Crippen molar-refractivity contribution in [3.05, 3.63) is 0 Å². The molecule has 0 heterocycles. The SMILES string of the molecule is BC(B)(B)C(OC)(C(B)(B)B)C(B)(B)B. The van der Waals surface area contributed by atoms with Gasteiger partial charge in [0.15, 0.2) is 0 Å². The van der Waals surface area contributed by atoms with Crippen LogP contribution in [0.1, 0.15) is 0 Å². The van der Waals surface area contributed by atoms with E-state index in [1.807, 2.05) is 7.11 Å². The lowest BCUT2D eigenvalue weighted by molar-refractivity contribution is -0.00834. The Labute approximate surface area is 104 Å². The van der Waals surface area contributed by atoms with Crippen LogP contribution in [-0.2, 0) is 4.74 Å². The molecule has 0 amide bonds. The molecule has 1 nitrogen and oxygen atoms in total. The molecule has 0 aliphatic heterocycles. The van der Waals surface area contributed by atoms with Gasteiger partial charge in [0.25, 0.3) is 0 Å². The van der Waals surface area contributed by atoms with E-state index in [4.69, 9.17) is 4.74 Å². The van der Waals surface area contributed by atoms with Gasteiger partial charge in [-0.15, -0.1) is 0 Å². The molecular weight excluding hydrogens is 173 g/mol. The molecule has 0 saturated carbocycles. The summed E-state index contributed by atoms with van der Waals surface area (Å²) in [7, 11) is 22.3. The van der Waals surface area contributed by atoms with Crippen LogP contribution in [-0.4, -0.2) is 83.3 Å². The lowest BCUT2D eigenvalue weighted by Crippen LogP contribution is -2.64. The molecule has 0 bridgehead atoms. The van der Waals surface area contributed by atoms with Crippen LogP contribution in [0, 0.1) is 0 Å². The Bertz CT molecular complexity index is 184. The van der Waals surface area contributed by atoms with Gasteiger partial charge in [-0.3, -0.25) is 0 Å². The number of rotatable bonds is 4. The summed E-state index contributed by atoms with van der Waals surface area (Å²) < 4.78 is 6.03. The zero-order chi connectivity index (χ0) is 12.7. The largest absolute Gasteiger partial charge is 0.383 e. The second kappa shape index (κ2) is 4.09. The van der Waals surface area contributed by atoms with Crippen LogP contribution in [0.2, 0.25) is 15.3 Å². The van der Waals surface area contributed by atoms with Crippen LogP contribution in [0.15, 0.2) is 0 Å². The summed E-state index contributed by atoms with van der Waals surface area (Å²) in [5.74, 6) is 0. The highest BCUT2D eigenvalue weighted by atomic mass is 16.5. The lowest BCUT2D eigenvalue weighted by atomic mass is 9.13. The van der Waals surface area contributed by atoms with Crippen molar-refractivity contribution in [2.75, 3.05) is 7.11 Å². The molecule has 0 fully saturated rings. The van der Waals surface area contributed by atoms with Gasteiger partial charge < -0.3 is 4.74 Å². The molecule has 10 heteroatoms. The van der Waals surface area contributed by atoms with E-state index >= 15 is 0 Å². The maximum absolute atomic E-state index is 6.03. The lowest BCUT2D eigenvalue weighted by Gasteiger charge is -2.62. The molecule has 74 valence electrons. The highest BCUT2D eigenvalue weighted by Crippen LogP contribution is 2.55. The second-order valence-corrected chi connectivity index (χ2v) is 7.64. The first-order valence-electron chi connectivity index (χ1n) is 5.86. The molecule has 0 aromatic rings. The Hall–Kier alpha value is 0.544. The minimum Gasteiger partial charge on any atom is -0.383 e. The van der Waals surface area contributed by atoms with Gasteiger partial charge in [-0.1, -0.05) is 15.3 Å². The molecule has 0 rings (SSSR count). The molecule has 0 aliphatic rings. The van der Waals surface area contributed by atoms with E-state index in [0.29, 0.717) is 0 Å². The Morgan fingerprint density at radius 2 is 0.800 bits per heavy atom. The van der Waals surface area contributed by atoms with Crippen LogP contribution >= 0.6 is 0 Å². The Kier molecular flexibility index (Phi) is 4.24. The van der Waals surface area contributed by atoms with Crippen LogP contribution in [0.5, 0.6) is 0 Å². The topological polar surface area (TPSA) is 9.23 Å². The fourth-order valence-electron chi connectivity index (χ4n) is 4.29. The Morgan fingerprint density at radius 3 is 0.800 bits per heavy atom. The molecule has 0 aromatic heterocycles. The third-order valence-electron chi connectivity index (χ3n) is 3.47. The zero-order valence-electron chi connectivity index (χ0n) is 12.4. The first kappa shape index (κ1) is 15.5. The minimum atomic E-state index is -0.146. The predicted molar refractivity (Wildman–Crippen MR) is 94.7 cm³/mol. The van der Waals surface area contributed by atoms with E-state index in [-0.39, 0.29) is 20.9 Å². The smallest absolute Gasteiger partial charge is 0.0938 e. The van der Waals surface area contributed by atoms with Gasteiger partial charge in [-0.25, -0.2) is 0 Å². The molecule has 0 saturated heterocycles. The zero-order valence-corrected chi connectivity index (χ0v) is 12.4. The standard InChI is InChI=1S/C5H21B9O/c1-15-2(3(6,7)8,4(9,10)11)5(12,13)14/h6-14H2,1H3. The molecular formula is C5H21B9O. The molecule has 15 heavy (non-hydrogen) atoms. The maximum Gasteiger partial charge on any atom is 0.0938 e. The van der Waals surface area contributed by atoms with Crippen molar-refractivity contribution in [1.82, 2.24) is 0 Å². The Morgan fingerprint density at radius 1 is 0.600 bits per heavy atom. The molecule has 0 atom stereocenters. The summed E-state index contributed by atoms with van der Waals surface area (Å²) in [6.07, 6.45) is 0. The van der Waals surface area contributed by atoms with Gasteiger partial charge in [0, 0.05) is 12.7 Å². The second-order valence-electron chi connectivity index (χ2n) is 7.64. The fraction of sp³-hybridized carbons (Fsp3) is 1.00. The monoisotopic (exact) mass is 196 g/mol. The quantitative estimate of drug-likeness (QED) is 0.404. The molecule has 0 unspecified atom stereocenters. The number of ether oxygens (including phenoxy) is 1. The fourth-order valence-corrected chi connectivity index (χ4v) is 4.29. The number of hydrogen-bond acceptors (Lipinski definition) is 1. The van der Waals surface area contributed by atoms with E-state index < -0.39 is 0 Å². The van der Waals surface area contributed by atoms with Crippen molar-refractivity contribution in [2.24, 2.45) is 0 Å². The van der Waals surface area contributed by atoms with Crippen molar-refractivity contribution in [3.8, 4) is 0 Å². The molecule has 0 N–H and O–H groups in total. The van der Waals surface area contributed by atoms with Gasteiger partial charge in [0.05, 0.1) is 70.6 Å². The van der Waals surface area contributed by atoms with Crippen LogP contribution in [0.3, 0.4) is 0 Å².